The van der Waals surface area contributed by atoms with E-state index in [2.05, 4.69) is 25.7 Å². The SMILES string of the molecule is Cn1cc(-c2cnc3ccc(NC(=O)Nc4cccc(C(F)(F)F)c4F)cc3n2)cn1. The van der Waals surface area contributed by atoms with Crippen LogP contribution in [0, 0.1) is 5.82 Å². The maximum atomic E-state index is 14.1. The fraction of sp³-hybridized carbons (Fsp3) is 0.100. The fourth-order valence-electron chi connectivity index (χ4n) is 2.91. The molecule has 2 N–H and O–H groups in total. The predicted octanol–water partition coefficient (Wildman–Crippen LogP) is 4.83. The Morgan fingerprint density at radius 3 is 2.58 bits per heavy atom. The smallest absolute Gasteiger partial charge is 0.308 e. The van der Waals surface area contributed by atoms with Crippen molar-refractivity contribution < 1.29 is 22.4 Å². The molecule has 2 aromatic heterocycles. The van der Waals surface area contributed by atoms with Crippen molar-refractivity contribution in [1.29, 1.82) is 0 Å². The summed E-state index contributed by atoms with van der Waals surface area (Å²) in [6.45, 7) is 0. The Morgan fingerprint density at radius 1 is 1.06 bits per heavy atom. The Kier molecular flexibility index (Phi) is 5.01. The molecule has 7 nitrogen and oxygen atoms in total. The molecule has 0 fully saturated rings. The molecule has 0 unspecified atom stereocenters. The van der Waals surface area contributed by atoms with Crippen molar-refractivity contribution in [3.63, 3.8) is 0 Å². The highest BCUT2D eigenvalue weighted by atomic mass is 19.4. The largest absolute Gasteiger partial charge is 0.419 e. The quantitative estimate of drug-likeness (QED) is 0.456. The molecular formula is C20H14F4N6O. The van der Waals surface area contributed by atoms with E-state index in [1.807, 2.05) is 0 Å². The summed E-state index contributed by atoms with van der Waals surface area (Å²) in [5, 5.41) is 8.62. The molecule has 0 atom stereocenters. The minimum atomic E-state index is -4.87. The second kappa shape index (κ2) is 7.67. The van der Waals surface area contributed by atoms with Crippen molar-refractivity contribution >= 4 is 28.4 Å². The van der Waals surface area contributed by atoms with Gasteiger partial charge in [-0.25, -0.2) is 14.2 Å². The molecule has 11 heteroatoms. The first-order valence-corrected chi connectivity index (χ1v) is 8.90. The summed E-state index contributed by atoms with van der Waals surface area (Å²) in [5.41, 5.74) is 0.629. The highest BCUT2D eigenvalue weighted by molar-refractivity contribution is 6.00. The number of benzene rings is 2. The molecule has 0 aliphatic rings. The van der Waals surface area contributed by atoms with E-state index in [0.29, 0.717) is 28.5 Å². The van der Waals surface area contributed by atoms with Crippen LogP contribution in [-0.4, -0.2) is 25.8 Å². The van der Waals surface area contributed by atoms with Gasteiger partial charge in [-0.15, -0.1) is 0 Å². The number of aromatic nitrogens is 4. The molecule has 31 heavy (non-hydrogen) atoms. The lowest BCUT2D eigenvalue weighted by molar-refractivity contribution is -0.139. The van der Waals surface area contributed by atoms with Gasteiger partial charge in [0.15, 0.2) is 5.82 Å². The van der Waals surface area contributed by atoms with Crippen molar-refractivity contribution in [3.8, 4) is 11.3 Å². The van der Waals surface area contributed by atoms with E-state index < -0.39 is 29.3 Å². The van der Waals surface area contributed by atoms with E-state index in [-0.39, 0.29) is 0 Å². The summed E-state index contributed by atoms with van der Waals surface area (Å²) < 4.78 is 54.2. The lowest BCUT2D eigenvalue weighted by Gasteiger charge is -2.13. The number of rotatable bonds is 3. The second-order valence-electron chi connectivity index (χ2n) is 6.61. The van der Waals surface area contributed by atoms with Crippen LogP contribution in [0.25, 0.3) is 22.3 Å². The number of hydrogen-bond donors (Lipinski definition) is 2. The number of hydrogen-bond acceptors (Lipinski definition) is 4. The van der Waals surface area contributed by atoms with Crippen LogP contribution < -0.4 is 10.6 Å². The Balaban J connectivity index is 1.55. The first-order chi connectivity index (χ1) is 14.7. The molecule has 4 aromatic rings. The number of carbonyl (C=O) groups is 1. The Morgan fingerprint density at radius 2 is 1.87 bits per heavy atom. The number of urea groups is 1. The number of alkyl halides is 3. The van der Waals surface area contributed by atoms with Crippen LogP contribution in [0.1, 0.15) is 5.56 Å². The number of nitrogens with one attached hydrogen (secondary N) is 2. The fourth-order valence-corrected chi connectivity index (χ4v) is 2.91. The van der Waals surface area contributed by atoms with Crippen LogP contribution in [0.15, 0.2) is 55.0 Å². The Labute approximate surface area is 172 Å². The molecule has 2 amide bonds. The topological polar surface area (TPSA) is 84.7 Å². The van der Waals surface area contributed by atoms with Gasteiger partial charge in [0, 0.05) is 24.5 Å². The van der Waals surface area contributed by atoms with E-state index in [1.54, 1.807) is 48.5 Å². The highest BCUT2D eigenvalue weighted by Crippen LogP contribution is 2.34. The number of anilines is 2. The molecule has 0 saturated heterocycles. The van der Waals surface area contributed by atoms with Crippen molar-refractivity contribution in [3.05, 3.63) is 66.4 Å². The monoisotopic (exact) mass is 430 g/mol. The normalized spacial score (nSPS) is 11.5. The molecule has 4 rings (SSSR count). The average molecular weight is 430 g/mol. The van der Waals surface area contributed by atoms with Crippen LogP contribution >= 0.6 is 0 Å². The van der Waals surface area contributed by atoms with E-state index in [9.17, 15) is 22.4 Å². The minimum absolute atomic E-state index is 0.301. The van der Waals surface area contributed by atoms with Crippen molar-refractivity contribution in [2.75, 3.05) is 10.6 Å². The lowest BCUT2D eigenvalue weighted by atomic mass is 10.2. The summed E-state index contributed by atoms with van der Waals surface area (Å²) in [4.78, 5) is 21.0. The van der Waals surface area contributed by atoms with Crippen LogP contribution in [0.5, 0.6) is 0 Å². The molecule has 2 aromatic carbocycles. The summed E-state index contributed by atoms with van der Waals surface area (Å²) in [5.74, 6) is -1.56. The van der Waals surface area contributed by atoms with Gasteiger partial charge < -0.3 is 10.6 Å². The molecule has 0 saturated carbocycles. The van der Waals surface area contributed by atoms with Gasteiger partial charge in [-0.2, -0.15) is 18.3 Å². The van der Waals surface area contributed by atoms with E-state index in [0.717, 1.165) is 17.7 Å². The van der Waals surface area contributed by atoms with Gasteiger partial charge in [-0.1, -0.05) is 6.07 Å². The summed E-state index contributed by atoms with van der Waals surface area (Å²) in [7, 11) is 1.77. The van der Waals surface area contributed by atoms with E-state index in [1.165, 1.54) is 0 Å². The van der Waals surface area contributed by atoms with E-state index >= 15 is 0 Å². The van der Waals surface area contributed by atoms with Gasteiger partial charge in [-0.3, -0.25) is 9.67 Å². The highest BCUT2D eigenvalue weighted by Gasteiger charge is 2.35. The summed E-state index contributed by atoms with van der Waals surface area (Å²) in [6.07, 6.45) is 0.126. The lowest BCUT2D eigenvalue weighted by Crippen LogP contribution is -2.21. The van der Waals surface area contributed by atoms with Crippen LogP contribution in [0.3, 0.4) is 0 Å². The van der Waals surface area contributed by atoms with Crippen LogP contribution in [-0.2, 0) is 13.2 Å². The zero-order valence-electron chi connectivity index (χ0n) is 15.9. The number of amides is 2. The maximum Gasteiger partial charge on any atom is 0.419 e. The zero-order chi connectivity index (χ0) is 22.2. The molecule has 2 heterocycles. The van der Waals surface area contributed by atoms with Gasteiger partial charge in [-0.05, 0) is 30.3 Å². The van der Waals surface area contributed by atoms with Gasteiger partial charge in [0.1, 0.15) is 0 Å². The Hall–Kier alpha value is -4.02. The number of nitrogens with zero attached hydrogens (tertiary/aromatic N) is 4. The van der Waals surface area contributed by atoms with Gasteiger partial charge in [0.05, 0.1) is 40.4 Å². The average Bonchev–Trinajstić information content (AvgIpc) is 3.14. The number of aryl methyl sites for hydroxylation is 1. The molecule has 0 bridgehead atoms. The second-order valence-corrected chi connectivity index (χ2v) is 6.61. The van der Waals surface area contributed by atoms with E-state index in [4.69, 9.17) is 0 Å². The van der Waals surface area contributed by atoms with Gasteiger partial charge >= 0.3 is 12.2 Å². The third-order valence-electron chi connectivity index (χ3n) is 4.35. The van der Waals surface area contributed by atoms with Crippen molar-refractivity contribution in [1.82, 2.24) is 19.7 Å². The number of halogens is 4. The van der Waals surface area contributed by atoms with Crippen LogP contribution in [0.4, 0.5) is 33.7 Å². The van der Waals surface area contributed by atoms with Crippen molar-refractivity contribution in [2.24, 2.45) is 7.05 Å². The predicted molar refractivity (Wildman–Crippen MR) is 106 cm³/mol. The first-order valence-electron chi connectivity index (χ1n) is 8.90. The third kappa shape index (κ3) is 4.29. The first kappa shape index (κ1) is 20.3. The molecule has 0 aliphatic heterocycles. The summed E-state index contributed by atoms with van der Waals surface area (Å²) in [6, 6.07) is 6.45. The molecule has 0 radical (unpaired) electrons. The Bertz CT molecular complexity index is 1280. The zero-order valence-corrected chi connectivity index (χ0v) is 15.9. The summed E-state index contributed by atoms with van der Waals surface area (Å²) >= 11 is 0. The molecule has 0 aliphatic carbocycles. The molecular weight excluding hydrogens is 416 g/mol. The number of carbonyl (C=O) groups excluding carboxylic acids is 1. The van der Waals surface area contributed by atoms with Gasteiger partial charge in [0.2, 0.25) is 0 Å². The standard InChI is InChI=1S/C20H14F4N6O/c1-30-10-11(8-26-30)17-9-25-14-6-5-12(7-16(14)28-17)27-19(31)29-15-4-2-3-13(18(15)21)20(22,23)24/h2-10H,1H3,(H2,27,29,31). The third-order valence-corrected chi connectivity index (χ3v) is 4.35. The van der Waals surface area contributed by atoms with Gasteiger partial charge in [0.25, 0.3) is 0 Å². The molecule has 0 spiro atoms. The van der Waals surface area contributed by atoms with Crippen LogP contribution in [0.2, 0.25) is 0 Å². The number of fused-ring (bicyclic) bond motifs is 1. The van der Waals surface area contributed by atoms with Crippen molar-refractivity contribution in [2.45, 2.75) is 6.18 Å². The maximum absolute atomic E-state index is 14.1. The molecule has 158 valence electrons. The minimum Gasteiger partial charge on any atom is -0.308 e.